The topological polar surface area (TPSA) is 78.4 Å². The van der Waals surface area contributed by atoms with Crippen molar-refractivity contribution >= 4 is 12.0 Å². The maximum absolute atomic E-state index is 11.6. The maximum Gasteiger partial charge on any atom is 0.315 e. The highest BCUT2D eigenvalue weighted by atomic mass is 16.4. The normalized spacial score (nSPS) is 15.8. The number of carbonyl (C=O) groups excluding carboxylic acids is 1. The van der Waals surface area contributed by atoms with Crippen molar-refractivity contribution in [2.75, 3.05) is 0 Å². The molecule has 0 aromatic carbocycles. The van der Waals surface area contributed by atoms with Crippen LogP contribution in [0.1, 0.15) is 47.0 Å². The Balaban J connectivity index is 3.88. The second-order valence-corrected chi connectivity index (χ2v) is 4.63. The molecule has 100 valence electrons. The van der Waals surface area contributed by atoms with Crippen LogP contribution in [-0.4, -0.2) is 29.2 Å². The monoisotopic (exact) mass is 244 g/mol. The van der Waals surface area contributed by atoms with Crippen molar-refractivity contribution in [1.29, 1.82) is 0 Å². The van der Waals surface area contributed by atoms with E-state index in [1.807, 2.05) is 6.92 Å². The summed E-state index contributed by atoms with van der Waals surface area (Å²) in [5.74, 6) is -0.415. The van der Waals surface area contributed by atoms with E-state index < -0.39 is 5.97 Å². The number of carboxylic acid groups (broad SMARTS) is 1. The fraction of sp³-hybridized carbons (Fsp3) is 0.833. The zero-order valence-corrected chi connectivity index (χ0v) is 11.1. The van der Waals surface area contributed by atoms with Crippen molar-refractivity contribution in [3.05, 3.63) is 0 Å². The molecule has 0 radical (unpaired) electrons. The number of urea groups is 1. The Morgan fingerprint density at radius 1 is 1.18 bits per heavy atom. The zero-order chi connectivity index (χ0) is 13.4. The van der Waals surface area contributed by atoms with Gasteiger partial charge in [-0.05, 0) is 26.2 Å². The lowest BCUT2D eigenvalue weighted by atomic mass is 10.0. The van der Waals surface area contributed by atoms with Gasteiger partial charge in [-0.3, -0.25) is 4.79 Å². The molecule has 5 nitrogen and oxygen atoms in total. The number of aliphatic carboxylic acids is 1. The summed E-state index contributed by atoms with van der Waals surface area (Å²) in [6.45, 7) is 7.93. The summed E-state index contributed by atoms with van der Waals surface area (Å²) in [5, 5.41) is 14.1. The van der Waals surface area contributed by atoms with Crippen molar-refractivity contribution in [2.24, 2.45) is 5.92 Å². The van der Waals surface area contributed by atoms with Gasteiger partial charge in [-0.1, -0.05) is 20.3 Å². The van der Waals surface area contributed by atoms with Crippen molar-refractivity contribution in [1.82, 2.24) is 10.6 Å². The number of hydrogen-bond donors (Lipinski definition) is 3. The maximum atomic E-state index is 11.6. The molecular weight excluding hydrogens is 220 g/mol. The van der Waals surface area contributed by atoms with Crippen LogP contribution in [0.3, 0.4) is 0 Å². The van der Waals surface area contributed by atoms with Gasteiger partial charge in [0.25, 0.3) is 0 Å². The van der Waals surface area contributed by atoms with Gasteiger partial charge in [-0.2, -0.15) is 0 Å². The van der Waals surface area contributed by atoms with Crippen LogP contribution < -0.4 is 10.6 Å². The smallest absolute Gasteiger partial charge is 0.315 e. The van der Waals surface area contributed by atoms with Crippen LogP contribution in [0.5, 0.6) is 0 Å². The minimum absolute atomic E-state index is 0.0718. The van der Waals surface area contributed by atoms with E-state index in [9.17, 15) is 9.59 Å². The standard InChI is InChI=1S/C12H24N2O3/c1-5-8(2)10(4)14-12(17)13-9(3)6-7-11(15)16/h8-10H,5-7H2,1-4H3,(H,15,16)(H2,13,14,17). The van der Waals surface area contributed by atoms with Crippen molar-refractivity contribution in [3.8, 4) is 0 Å². The zero-order valence-electron chi connectivity index (χ0n) is 11.1. The molecule has 0 aliphatic carbocycles. The van der Waals surface area contributed by atoms with E-state index in [0.29, 0.717) is 12.3 Å². The van der Waals surface area contributed by atoms with Gasteiger partial charge >= 0.3 is 12.0 Å². The summed E-state index contributed by atoms with van der Waals surface area (Å²) < 4.78 is 0. The fourth-order valence-corrected chi connectivity index (χ4v) is 1.38. The Morgan fingerprint density at radius 2 is 1.76 bits per heavy atom. The Labute approximate surface area is 103 Å². The molecule has 0 heterocycles. The van der Waals surface area contributed by atoms with Crippen molar-refractivity contribution < 1.29 is 14.7 Å². The van der Waals surface area contributed by atoms with Gasteiger partial charge in [-0.15, -0.1) is 0 Å². The molecule has 0 saturated heterocycles. The van der Waals surface area contributed by atoms with Crippen LogP contribution in [0.15, 0.2) is 0 Å². The summed E-state index contributed by atoms with van der Waals surface area (Å²) in [6.07, 6.45) is 1.53. The lowest BCUT2D eigenvalue weighted by Gasteiger charge is -2.21. The Hall–Kier alpha value is -1.26. The van der Waals surface area contributed by atoms with E-state index >= 15 is 0 Å². The number of rotatable bonds is 7. The van der Waals surface area contributed by atoms with E-state index in [0.717, 1.165) is 6.42 Å². The van der Waals surface area contributed by atoms with E-state index in [1.165, 1.54) is 0 Å². The van der Waals surface area contributed by atoms with Gasteiger partial charge < -0.3 is 15.7 Å². The van der Waals surface area contributed by atoms with E-state index in [4.69, 9.17) is 5.11 Å². The minimum atomic E-state index is -0.841. The van der Waals surface area contributed by atoms with Gasteiger partial charge in [-0.25, -0.2) is 4.79 Å². The van der Waals surface area contributed by atoms with E-state index in [-0.39, 0.29) is 24.5 Å². The third-order valence-electron chi connectivity index (χ3n) is 3.02. The highest BCUT2D eigenvalue weighted by Crippen LogP contribution is 2.06. The predicted octanol–water partition coefficient (Wildman–Crippen LogP) is 1.97. The number of carbonyl (C=O) groups is 2. The average Bonchev–Trinajstić information content (AvgIpc) is 2.24. The number of amides is 2. The van der Waals surface area contributed by atoms with E-state index in [2.05, 4.69) is 24.5 Å². The van der Waals surface area contributed by atoms with Gasteiger partial charge in [0.2, 0.25) is 0 Å². The highest BCUT2D eigenvalue weighted by molar-refractivity contribution is 5.74. The van der Waals surface area contributed by atoms with Gasteiger partial charge in [0.05, 0.1) is 0 Å². The molecule has 2 amide bonds. The molecule has 5 heteroatoms. The van der Waals surface area contributed by atoms with Crippen molar-refractivity contribution in [2.45, 2.75) is 59.0 Å². The van der Waals surface area contributed by atoms with Crippen LogP contribution in [0.4, 0.5) is 4.79 Å². The predicted molar refractivity (Wildman–Crippen MR) is 66.9 cm³/mol. The highest BCUT2D eigenvalue weighted by Gasteiger charge is 2.14. The summed E-state index contributed by atoms with van der Waals surface area (Å²) in [6, 6.07) is -0.238. The number of nitrogens with one attached hydrogen (secondary N) is 2. The van der Waals surface area contributed by atoms with Crippen molar-refractivity contribution in [3.63, 3.8) is 0 Å². The molecular formula is C12H24N2O3. The second kappa shape index (κ2) is 7.92. The van der Waals surface area contributed by atoms with E-state index in [1.54, 1.807) is 6.92 Å². The Kier molecular flexibility index (Phi) is 7.34. The van der Waals surface area contributed by atoms with Crippen LogP contribution >= 0.6 is 0 Å². The summed E-state index contributed by atoms with van der Waals surface area (Å²) >= 11 is 0. The minimum Gasteiger partial charge on any atom is -0.481 e. The van der Waals surface area contributed by atoms with Crippen LogP contribution in [0.25, 0.3) is 0 Å². The van der Waals surface area contributed by atoms with Crippen LogP contribution in [0, 0.1) is 5.92 Å². The average molecular weight is 244 g/mol. The summed E-state index contributed by atoms with van der Waals surface area (Å²) in [4.78, 5) is 21.9. The lowest BCUT2D eigenvalue weighted by molar-refractivity contribution is -0.137. The summed E-state index contributed by atoms with van der Waals surface area (Å²) in [7, 11) is 0. The molecule has 0 bridgehead atoms. The second-order valence-electron chi connectivity index (χ2n) is 4.63. The molecule has 0 aliphatic heterocycles. The molecule has 0 saturated carbocycles. The number of carboxylic acids is 1. The first-order chi connectivity index (χ1) is 7.86. The Bertz CT molecular complexity index is 256. The molecule has 0 fully saturated rings. The summed E-state index contributed by atoms with van der Waals surface area (Å²) in [5.41, 5.74) is 0. The first-order valence-corrected chi connectivity index (χ1v) is 6.15. The quantitative estimate of drug-likeness (QED) is 0.640. The third kappa shape index (κ3) is 7.60. The molecule has 0 aliphatic rings. The molecule has 0 spiro atoms. The first kappa shape index (κ1) is 15.7. The number of hydrogen-bond acceptors (Lipinski definition) is 2. The Morgan fingerprint density at radius 3 is 2.24 bits per heavy atom. The molecule has 0 aromatic heterocycles. The third-order valence-corrected chi connectivity index (χ3v) is 3.02. The van der Waals surface area contributed by atoms with Crippen LogP contribution in [-0.2, 0) is 4.79 Å². The lowest BCUT2D eigenvalue weighted by Crippen LogP contribution is -2.46. The molecule has 3 unspecified atom stereocenters. The molecule has 3 atom stereocenters. The van der Waals surface area contributed by atoms with Crippen LogP contribution in [0.2, 0.25) is 0 Å². The SMILES string of the molecule is CCC(C)C(C)NC(=O)NC(C)CCC(=O)O. The first-order valence-electron chi connectivity index (χ1n) is 6.15. The fourth-order valence-electron chi connectivity index (χ4n) is 1.38. The molecule has 3 N–H and O–H groups in total. The van der Waals surface area contributed by atoms with Gasteiger partial charge in [0.1, 0.15) is 0 Å². The largest absolute Gasteiger partial charge is 0.481 e. The molecule has 17 heavy (non-hydrogen) atoms. The van der Waals surface area contributed by atoms with Gasteiger partial charge in [0.15, 0.2) is 0 Å². The molecule has 0 aromatic rings. The molecule has 0 rings (SSSR count). The van der Waals surface area contributed by atoms with Gasteiger partial charge in [0, 0.05) is 18.5 Å².